The summed E-state index contributed by atoms with van der Waals surface area (Å²) in [6.07, 6.45) is 18.1. The maximum atomic E-state index is 10.4. The average Bonchev–Trinajstić information content (AvgIpc) is 2.55. The van der Waals surface area contributed by atoms with Crippen LogP contribution in [-0.4, -0.2) is 37.4 Å². The van der Waals surface area contributed by atoms with Crippen molar-refractivity contribution in [2.24, 2.45) is 0 Å². The molecule has 0 spiro atoms. The normalized spacial score (nSPS) is 11.7. The van der Waals surface area contributed by atoms with Crippen LogP contribution in [0, 0.1) is 0 Å². The van der Waals surface area contributed by atoms with E-state index in [1.54, 1.807) is 0 Å². The molecule has 6 nitrogen and oxygen atoms in total. The number of hydrogen-bond donors (Lipinski definition) is 0. The Balaban J connectivity index is -0.00000338. The van der Waals surface area contributed by atoms with E-state index in [0.717, 1.165) is 38.5 Å². The Morgan fingerprint density at radius 2 is 0.483 bits per heavy atom. The summed E-state index contributed by atoms with van der Waals surface area (Å²) in [6.45, 7) is 0. The summed E-state index contributed by atoms with van der Waals surface area (Å²) in [7, 11) is -8.06. The predicted molar refractivity (Wildman–Crippen MR) is 108 cm³/mol. The molecule has 0 rings (SSSR count). The van der Waals surface area contributed by atoms with Gasteiger partial charge in [0, 0.05) is 11.5 Å². The maximum Gasteiger partial charge on any atom is 1.00 e. The molecule has 0 saturated carbocycles. The van der Waals surface area contributed by atoms with E-state index in [4.69, 9.17) is 0 Å². The van der Waals surface area contributed by atoms with Crippen molar-refractivity contribution >= 4 is 20.2 Å². The van der Waals surface area contributed by atoms with Crippen molar-refractivity contribution in [1.29, 1.82) is 0 Å². The van der Waals surface area contributed by atoms with Gasteiger partial charge in [-0.1, -0.05) is 96.3 Å². The monoisotopic (exact) mass is 504 g/mol. The summed E-state index contributed by atoms with van der Waals surface area (Å²) >= 11 is 0. The topological polar surface area (TPSA) is 114 Å². The number of hydrogen-bond acceptors (Lipinski definition) is 6. The van der Waals surface area contributed by atoms with Gasteiger partial charge in [0.25, 0.3) is 0 Å². The van der Waals surface area contributed by atoms with Gasteiger partial charge >= 0.3 is 103 Å². The Bertz CT molecular complexity index is 491. The zero-order chi connectivity index (χ0) is 20.4. The van der Waals surface area contributed by atoms with E-state index in [1.807, 2.05) is 0 Å². The standard InChI is InChI=1S/C19H40O6S2.2K/c20-26(21,22)18-16-14-12-10-8-6-4-2-1-3-5-7-9-11-13-15-17-19-27(23,24)25;;/h1-19H2,(H,20,21,22)(H,23,24,25);;/q;2*+1/p-2. The number of rotatable bonds is 20. The van der Waals surface area contributed by atoms with E-state index >= 15 is 0 Å². The molecule has 0 aliphatic rings. The third kappa shape index (κ3) is 35.9. The fourth-order valence-corrected chi connectivity index (χ4v) is 4.32. The minimum atomic E-state index is -4.03. The van der Waals surface area contributed by atoms with Gasteiger partial charge in [-0.3, -0.25) is 0 Å². The first-order valence-electron chi connectivity index (χ1n) is 10.6. The van der Waals surface area contributed by atoms with Crippen molar-refractivity contribution in [3.63, 3.8) is 0 Å². The molecule has 0 saturated heterocycles. The van der Waals surface area contributed by atoms with Gasteiger partial charge in [-0.2, -0.15) is 0 Å². The van der Waals surface area contributed by atoms with Crippen molar-refractivity contribution in [1.82, 2.24) is 0 Å². The largest absolute Gasteiger partial charge is 1.00 e. The molecule has 0 fully saturated rings. The van der Waals surface area contributed by atoms with Gasteiger partial charge in [0.1, 0.15) is 0 Å². The van der Waals surface area contributed by atoms with Crippen LogP contribution in [0.15, 0.2) is 0 Å². The first-order valence-corrected chi connectivity index (χ1v) is 13.7. The Morgan fingerprint density at radius 3 is 0.621 bits per heavy atom. The third-order valence-corrected chi connectivity index (χ3v) is 6.37. The molecule has 164 valence electrons. The average molecular weight is 505 g/mol. The summed E-state index contributed by atoms with van der Waals surface area (Å²) < 4.78 is 62.7. The van der Waals surface area contributed by atoms with Crippen molar-refractivity contribution in [2.45, 2.75) is 109 Å². The van der Waals surface area contributed by atoms with Crippen LogP contribution < -0.4 is 103 Å². The van der Waals surface area contributed by atoms with E-state index in [-0.39, 0.29) is 114 Å². The number of unbranched alkanes of at least 4 members (excludes halogenated alkanes) is 16. The van der Waals surface area contributed by atoms with E-state index in [0.29, 0.717) is 12.8 Å². The second kappa shape index (κ2) is 24.2. The van der Waals surface area contributed by atoms with Gasteiger partial charge in [-0.05, 0) is 12.8 Å². The van der Waals surface area contributed by atoms with Gasteiger partial charge in [-0.15, -0.1) is 0 Å². The molecule has 0 aliphatic heterocycles. The quantitative estimate of drug-likeness (QED) is 0.116. The molecule has 29 heavy (non-hydrogen) atoms. The summed E-state index contributed by atoms with van der Waals surface area (Å²) in [5, 5.41) is 0. The van der Waals surface area contributed by atoms with Crippen LogP contribution in [0.4, 0.5) is 0 Å². The molecule has 0 aliphatic carbocycles. The van der Waals surface area contributed by atoms with Gasteiger partial charge < -0.3 is 9.11 Å². The van der Waals surface area contributed by atoms with Gasteiger partial charge in [0.15, 0.2) is 0 Å². The molecular formula is C19H38K2O6S2. The smallest absolute Gasteiger partial charge is 0.748 e. The van der Waals surface area contributed by atoms with Crippen LogP contribution >= 0.6 is 0 Å². The predicted octanol–water partition coefficient (Wildman–Crippen LogP) is -1.28. The molecule has 0 unspecified atom stereocenters. The molecule has 0 amide bonds. The molecule has 0 radical (unpaired) electrons. The molecule has 10 heteroatoms. The van der Waals surface area contributed by atoms with E-state index < -0.39 is 20.2 Å². The zero-order valence-electron chi connectivity index (χ0n) is 18.7. The van der Waals surface area contributed by atoms with Crippen LogP contribution in [0.1, 0.15) is 109 Å². The van der Waals surface area contributed by atoms with Crippen LogP contribution in [-0.2, 0) is 20.2 Å². The first-order chi connectivity index (χ1) is 12.7. The maximum absolute atomic E-state index is 10.4. The Kier molecular flexibility index (Phi) is 30.6. The Hall–Kier alpha value is 3.09. The van der Waals surface area contributed by atoms with Crippen LogP contribution in [0.2, 0.25) is 0 Å². The SMILES string of the molecule is O=S(=O)([O-])CCCCCCCCCCCCCCCCCCCS(=O)(=O)[O-].[K+].[K+]. The van der Waals surface area contributed by atoms with E-state index in [2.05, 4.69) is 0 Å². The van der Waals surface area contributed by atoms with E-state index in [9.17, 15) is 25.9 Å². The van der Waals surface area contributed by atoms with Gasteiger partial charge in [0.2, 0.25) is 0 Å². The van der Waals surface area contributed by atoms with Crippen molar-refractivity contribution in [3.05, 3.63) is 0 Å². The van der Waals surface area contributed by atoms with Crippen molar-refractivity contribution < 1.29 is 129 Å². The van der Waals surface area contributed by atoms with Crippen LogP contribution in [0.5, 0.6) is 0 Å². The summed E-state index contributed by atoms with van der Waals surface area (Å²) in [5.41, 5.74) is 0. The fraction of sp³-hybridized carbons (Fsp3) is 1.00. The second-order valence-corrected chi connectivity index (χ2v) is 10.6. The molecule has 0 aromatic heterocycles. The van der Waals surface area contributed by atoms with Gasteiger partial charge in [-0.25, -0.2) is 16.8 Å². The van der Waals surface area contributed by atoms with Crippen molar-refractivity contribution in [2.75, 3.05) is 11.5 Å². The van der Waals surface area contributed by atoms with E-state index in [1.165, 1.54) is 57.8 Å². The summed E-state index contributed by atoms with van der Waals surface area (Å²) in [6, 6.07) is 0. The Labute approximate surface area is 264 Å². The molecule has 0 aromatic rings. The molecule has 0 heterocycles. The summed E-state index contributed by atoms with van der Waals surface area (Å²) in [4.78, 5) is 0. The molecule has 0 bridgehead atoms. The first kappa shape index (κ1) is 36.7. The van der Waals surface area contributed by atoms with Crippen LogP contribution in [0.3, 0.4) is 0 Å². The minimum absolute atomic E-state index is 0. The van der Waals surface area contributed by atoms with Crippen LogP contribution in [0.25, 0.3) is 0 Å². The van der Waals surface area contributed by atoms with Crippen molar-refractivity contribution in [3.8, 4) is 0 Å². The molecule has 0 N–H and O–H groups in total. The molecular weight excluding hydrogens is 467 g/mol. The zero-order valence-corrected chi connectivity index (χ0v) is 26.6. The minimum Gasteiger partial charge on any atom is -0.748 e. The second-order valence-electron chi connectivity index (χ2n) is 7.53. The van der Waals surface area contributed by atoms with Gasteiger partial charge in [0.05, 0.1) is 20.2 Å². The molecule has 0 aromatic carbocycles. The fourth-order valence-electron chi connectivity index (χ4n) is 3.21. The third-order valence-electron chi connectivity index (χ3n) is 4.79. The molecule has 0 atom stereocenters. The Morgan fingerprint density at radius 1 is 0.345 bits per heavy atom. The summed E-state index contributed by atoms with van der Waals surface area (Å²) in [5.74, 6) is -0.447.